The van der Waals surface area contributed by atoms with Gasteiger partial charge in [0.15, 0.2) is 11.6 Å². The van der Waals surface area contributed by atoms with Crippen LogP contribution in [0.25, 0.3) is 0 Å². The fraction of sp³-hybridized carbons (Fsp3) is 0.182. The van der Waals surface area contributed by atoms with Crippen LogP contribution >= 0.6 is 0 Å². The Morgan fingerprint density at radius 1 is 1.30 bits per heavy atom. The van der Waals surface area contributed by atoms with Gasteiger partial charge in [0.1, 0.15) is 4.90 Å². The summed E-state index contributed by atoms with van der Waals surface area (Å²) in [4.78, 5) is -0.843. The van der Waals surface area contributed by atoms with Gasteiger partial charge in [0, 0.05) is 18.3 Å². The van der Waals surface area contributed by atoms with E-state index in [1.54, 1.807) is 0 Å². The van der Waals surface area contributed by atoms with Crippen molar-refractivity contribution in [3.63, 3.8) is 0 Å². The third-order valence-electron chi connectivity index (χ3n) is 2.55. The number of H-pyrrole nitrogens is 1. The molecule has 0 spiro atoms. The summed E-state index contributed by atoms with van der Waals surface area (Å²) in [7, 11) is -4.24. The Bertz CT molecular complexity index is 702. The number of halogens is 2. The smallest absolute Gasteiger partial charge is 0.243 e. The van der Waals surface area contributed by atoms with Crippen molar-refractivity contribution in [2.45, 2.75) is 18.0 Å². The first-order valence-electron chi connectivity index (χ1n) is 5.50. The number of sulfonamides is 1. The summed E-state index contributed by atoms with van der Waals surface area (Å²) in [5.74, 6) is -2.82. The monoisotopic (exact) mass is 303 g/mol. The van der Waals surface area contributed by atoms with Crippen LogP contribution in [0.2, 0.25) is 0 Å². The molecule has 20 heavy (non-hydrogen) atoms. The maximum atomic E-state index is 13.6. The first-order chi connectivity index (χ1) is 9.44. The molecule has 3 N–H and O–H groups in total. The number of nitrogens with one attached hydrogen (secondary N) is 2. The number of aromatic amines is 1. The molecule has 0 radical (unpaired) electrons. The highest BCUT2D eigenvalue weighted by Gasteiger charge is 2.22. The highest BCUT2D eigenvalue weighted by Crippen LogP contribution is 2.20. The van der Waals surface area contributed by atoms with Gasteiger partial charge in [-0.3, -0.25) is 5.10 Å². The molecule has 0 saturated carbocycles. The third kappa shape index (κ3) is 3.00. The Morgan fingerprint density at radius 2 is 2.05 bits per heavy atom. The van der Waals surface area contributed by atoms with Crippen LogP contribution in [-0.2, 0) is 23.2 Å². The van der Waals surface area contributed by atoms with Crippen LogP contribution in [0.15, 0.2) is 29.4 Å². The molecule has 2 aromatic rings. The van der Waals surface area contributed by atoms with Crippen LogP contribution in [0.5, 0.6) is 0 Å². The molecular formula is C11H11F2N3O3S. The molecule has 0 atom stereocenters. The van der Waals surface area contributed by atoms with E-state index in [0.717, 1.165) is 12.1 Å². The van der Waals surface area contributed by atoms with E-state index >= 15 is 0 Å². The summed E-state index contributed by atoms with van der Waals surface area (Å²) >= 11 is 0. The number of aromatic nitrogens is 2. The molecule has 0 fully saturated rings. The van der Waals surface area contributed by atoms with Gasteiger partial charge in [0.25, 0.3) is 0 Å². The molecule has 1 aromatic heterocycles. The Balaban J connectivity index is 2.31. The van der Waals surface area contributed by atoms with Gasteiger partial charge >= 0.3 is 0 Å². The molecular weight excluding hydrogens is 292 g/mol. The van der Waals surface area contributed by atoms with Crippen molar-refractivity contribution in [3.8, 4) is 0 Å². The average molecular weight is 303 g/mol. The van der Waals surface area contributed by atoms with Crippen molar-refractivity contribution >= 4 is 10.0 Å². The SMILES string of the molecule is O=S(=O)(NCc1cn[nH]c1)c1cc(CO)cc(F)c1F. The van der Waals surface area contributed by atoms with E-state index in [9.17, 15) is 17.2 Å². The Hall–Kier alpha value is -1.84. The lowest BCUT2D eigenvalue weighted by Gasteiger charge is -2.09. The number of aliphatic hydroxyl groups is 1. The lowest BCUT2D eigenvalue weighted by molar-refractivity contribution is 0.280. The number of aliphatic hydroxyl groups excluding tert-OH is 1. The Labute approximate surface area is 113 Å². The number of hydrogen-bond donors (Lipinski definition) is 3. The highest BCUT2D eigenvalue weighted by molar-refractivity contribution is 7.89. The minimum Gasteiger partial charge on any atom is -0.392 e. The fourth-order valence-corrected chi connectivity index (χ4v) is 2.69. The van der Waals surface area contributed by atoms with E-state index < -0.39 is 33.2 Å². The standard InChI is InChI=1S/C11H11F2N3O3S/c12-9-1-7(6-17)2-10(11(9)13)20(18,19)16-5-8-3-14-15-4-8/h1-4,16-17H,5-6H2,(H,14,15). The first-order valence-corrected chi connectivity index (χ1v) is 6.98. The van der Waals surface area contributed by atoms with Crippen molar-refractivity contribution in [2.24, 2.45) is 0 Å². The van der Waals surface area contributed by atoms with Gasteiger partial charge in [-0.15, -0.1) is 0 Å². The van der Waals surface area contributed by atoms with E-state index in [4.69, 9.17) is 5.11 Å². The zero-order valence-electron chi connectivity index (χ0n) is 10.1. The molecule has 0 aliphatic rings. The van der Waals surface area contributed by atoms with Gasteiger partial charge < -0.3 is 5.11 Å². The number of rotatable bonds is 5. The minimum atomic E-state index is -4.24. The van der Waals surface area contributed by atoms with Gasteiger partial charge in [-0.25, -0.2) is 21.9 Å². The predicted molar refractivity (Wildman–Crippen MR) is 64.9 cm³/mol. The third-order valence-corrected chi connectivity index (χ3v) is 3.95. The number of nitrogens with zero attached hydrogens (tertiary/aromatic N) is 1. The highest BCUT2D eigenvalue weighted by atomic mass is 32.2. The first kappa shape index (κ1) is 14.6. The average Bonchev–Trinajstić information content (AvgIpc) is 2.92. The summed E-state index contributed by atoms with van der Waals surface area (Å²) in [6, 6.07) is 1.63. The van der Waals surface area contributed by atoms with E-state index in [1.807, 2.05) is 0 Å². The van der Waals surface area contributed by atoms with Crippen LogP contribution < -0.4 is 4.72 Å². The zero-order valence-corrected chi connectivity index (χ0v) is 10.9. The maximum Gasteiger partial charge on any atom is 0.243 e. The molecule has 0 aliphatic heterocycles. The van der Waals surface area contributed by atoms with Gasteiger partial charge in [-0.1, -0.05) is 0 Å². The molecule has 0 saturated heterocycles. The van der Waals surface area contributed by atoms with Crippen molar-refractivity contribution < 1.29 is 22.3 Å². The van der Waals surface area contributed by atoms with Gasteiger partial charge in [-0.2, -0.15) is 5.10 Å². The van der Waals surface area contributed by atoms with Gasteiger partial charge in [0.2, 0.25) is 10.0 Å². The van der Waals surface area contributed by atoms with Crippen LogP contribution in [0, 0.1) is 11.6 Å². The zero-order chi connectivity index (χ0) is 14.8. The number of hydrogen-bond acceptors (Lipinski definition) is 4. The van der Waals surface area contributed by atoms with Crippen LogP contribution in [0.4, 0.5) is 8.78 Å². The van der Waals surface area contributed by atoms with Crippen LogP contribution in [0.3, 0.4) is 0 Å². The Kier molecular flexibility index (Phi) is 4.12. The second kappa shape index (κ2) is 5.65. The van der Waals surface area contributed by atoms with Gasteiger partial charge in [0.05, 0.1) is 12.8 Å². The topological polar surface area (TPSA) is 95.1 Å². The molecule has 6 nitrogen and oxygen atoms in total. The molecule has 0 amide bonds. The summed E-state index contributed by atoms with van der Waals surface area (Å²) in [5.41, 5.74) is 0.500. The van der Waals surface area contributed by atoms with Crippen molar-refractivity contribution in [2.75, 3.05) is 0 Å². The van der Waals surface area contributed by atoms with Crippen molar-refractivity contribution in [3.05, 3.63) is 47.3 Å². The lowest BCUT2D eigenvalue weighted by Crippen LogP contribution is -2.24. The Morgan fingerprint density at radius 3 is 2.65 bits per heavy atom. The summed E-state index contributed by atoms with van der Waals surface area (Å²) in [5, 5.41) is 15.0. The van der Waals surface area contributed by atoms with E-state index in [2.05, 4.69) is 14.9 Å². The number of benzene rings is 1. The normalized spacial score (nSPS) is 11.8. The molecule has 0 aliphatic carbocycles. The molecule has 1 aromatic carbocycles. The molecule has 1 heterocycles. The van der Waals surface area contributed by atoms with E-state index in [1.165, 1.54) is 12.4 Å². The van der Waals surface area contributed by atoms with Gasteiger partial charge in [-0.05, 0) is 17.7 Å². The minimum absolute atomic E-state index is 0.0346. The van der Waals surface area contributed by atoms with Crippen LogP contribution in [0.1, 0.15) is 11.1 Å². The molecule has 2 rings (SSSR count). The second-order valence-electron chi connectivity index (χ2n) is 3.98. The van der Waals surface area contributed by atoms with E-state index in [-0.39, 0.29) is 12.1 Å². The predicted octanol–water partition coefficient (Wildman–Crippen LogP) is 0.659. The molecule has 0 bridgehead atoms. The molecule has 9 heteroatoms. The van der Waals surface area contributed by atoms with Crippen molar-refractivity contribution in [1.82, 2.24) is 14.9 Å². The van der Waals surface area contributed by atoms with Crippen LogP contribution in [-0.4, -0.2) is 23.7 Å². The summed E-state index contributed by atoms with van der Waals surface area (Å²) in [6.07, 6.45) is 2.85. The largest absolute Gasteiger partial charge is 0.392 e. The maximum absolute atomic E-state index is 13.6. The summed E-state index contributed by atoms with van der Waals surface area (Å²) in [6.45, 7) is -0.718. The quantitative estimate of drug-likeness (QED) is 0.756. The molecule has 108 valence electrons. The second-order valence-corrected chi connectivity index (χ2v) is 5.71. The van der Waals surface area contributed by atoms with Crippen molar-refractivity contribution in [1.29, 1.82) is 0 Å². The summed E-state index contributed by atoms with van der Waals surface area (Å²) < 4.78 is 52.9. The lowest BCUT2D eigenvalue weighted by atomic mass is 10.2. The fourth-order valence-electron chi connectivity index (χ4n) is 1.53. The van der Waals surface area contributed by atoms with E-state index in [0.29, 0.717) is 5.56 Å². The molecule has 0 unspecified atom stereocenters.